The molecule has 88 valence electrons. The first-order valence-corrected chi connectivity index (χ1v) is 5.32. The molecule has 0 aliphatic rings. The van der Waals surface area contributed by atoms with Crippen LogP contribution in [-0.2, 0) is 9.53 Å². The molecule has 0 saturated carbocycles. The van der Waals surface area contributed by atoms with Crippen molar-refractivity contribution in [2.24, 2.45) is 0 Å². The molecule has 0 bridgehead atoms. The Balaban J connectivity index is 2.18. The second kappa shape index (κ2) is 6.66. The number of pyridine rings is 1. The van der Waals surface area contributed by atoms with Gasteiger partial charge in [0.15, 0.2) is 0 Å². The van der Waals surface area contributed by atoms with E-state index in [4.69, 9.17) is 10.5 Å². The van der Waals surface area contributed by atoms with Crippen LogP contribution in [0.1, 0.15) is 19.8 Å². The molecule has 1 aromatic rings. The van der Waals surface area contributed by atoms with Crippen molar-refractivity contribution in [1.82, 2.24) is 4.98 Å². The Kier molecular flexibility index (Phi) is 5.11. The van der Waals surface area contributed by atoms with E-state index >= 15 is 0 Å². The maximum absolute atomic E-state index is 11.0. The van der Waals surface area contributed by atoms with E-state index in [2.05, 4.69) is 10.3 Å². The molecule has 0 fully saturated rings. The van der Waals surface area contributed by atoms with Gasteiger partial charge < -0.3 is 15.8 Å². The normalized spacial score (nSPS) is 9.81. The van der Waals surface area contributed by atoms with E-state index in [0.717, 1.165) is 12.1 Å². The monoisotopic (exact) mass is 223 g/mol. The maximum Gasteiger partial charge on any atom is 0.305 e. The fourth-order valence-electron chi connectivity index (χ4n) is 1.25. The number of ether oxygens (including phenoxy) is 1. The number of nitrogens with one attached hydrogen (secondary N) is 1. The fraction of sp³-hybridized carbons (Fsp3) is 0.455. The number of anilines is 2. The molecule has 5 heteroatoms. The highest BCUT2D eigenvalue weighted by molar-refractivity contribution is 5.69. The van der Waals surface area contributed by atoms with Crippen LogP contribution in [0.25, 0.3) is 0 Å². The summed E-state index contributed by atoms with van der Waals surface area (Å²) in [6, 6.07) is 1.80. The molecule has 1 rings (SSSR count). The van der Waals surface area contributed by atoms with Gasteiger partial charge >= 0.3 is 5.97 Å². The van der Waals surface area contributed by atoms with E-state index in [1.54, 1.807) is 25.4 Å². The molecular formula is C11H17N3O2. The summed E-state index contributed by atoms with van der Waals surface area (Å²) >= 11 is 0. The molecule has 1 heterocycles. The Labute approximate surface area is 95.0 Å². The topological polar surface area (TPSA) is 77.2 Å². The van der Waals surface area contributed by atoms with Crippen molar-refractivity contribution in [2.75, 3.05) is 24.2 Å². The molecular weight excluding hydrogens is 206 g/mol. The Morgan fingerprint density at radius 2 is 2.38 bits per heavy atom. The van der Waals surface area contributed by atoms with Gasteiger partial charge in [-0.1, -0.05) is 0 Å². The van der Waals surface area contributed by atoms with E-state index in [-0.39, 0.29) is 5.97 Å². The largest absolute Gasteiger partial charge is 0.466 e. The summed E-state index contributed by atoms with van der Waals surface area (Å²) in [6.07, 6.45) is 4.44. The lowest BCUT2D eigenvalue weighted by molar-refractivity contribution is -0.143. The summed E-state index contributed by atoms with van der Waals surface area (Å²) in [5.74, 6) is -0.157. The first-order chi connectivity index (χ1) is 7.72. The number of hydrogen-bond acceptors (Lipinski definition) is 5. The zero-order valence-electron chi connectivity index (χ0n) is 9.40. The summed E-state index contributed by atoms with van der Waals surface area (Å²) in [5.41, 5.74) is 7.06. The highest BCUT2D eigenvalue weighted by Gasteiger charge is 2.00. The van der Waals surface area contributed by atoms with Gasteiger partial charge in [-0.3, -0.25) is 9.78 Å². The number of nitrogens with two attached hydrogens (primary N) is 1. The van der Waals surface area contributed by atoms with E-state index in [1.165, 1.54) is 0 Å². The average Bonchev–Trinajstić information content (AvgIpc) is 2.25. The Morgan fingerprint density at radius 1 is 1.56 bits per heavy atom. The van der Waals surface area contributed by atoms with Crippen LogP contribution >= 0.6 is 0 Å². The summed E-state index contributed by atoms with van der Waals surface area (Å²) < 4.78 is 4.81. The highest BCUT2D eigenvalue weighted by atomic mass is 16.5. The Hall–Kier alpha value is -1.78. The van der Waals surface area contributed by atoms with Gasteiger partial charge in [0, 0.05) is 19.2 Å². The smallest absolute Gasteiger partial charge is 0.305 e. The molecule has 0 atom stereocenters. The van der Waals surface area contributed by atoms with Gasteiger partial charge in [-0.25, -0.2) is 0 Å². The van der Waals surface area contributed by atoms with E-state index < -0.39 is 0 Å². The minimum absolute atomic E-state index is 0.157. The molecule has 5 nitrogen and oxygen atoms in total. The average molecular weight is 223 g/mol. The van der Waals surface area contributed by atoms with Crippen molar-refractivity contribution in [3.8, 4) is 0 Å². The standard InChI is InChI=1S/C11H17N3O2/c1-2-16-11(15)4-3-5-14-10-6-9(12)7-13-8-10/h6-8,14H,2-5,12H2,1H3. The molecule has 0 aliphatic carbocycles. The minimum atomic E-state index is -0.157. The molecule has 3 N–H and O–H groups in total. The molecule has 0 aromatic carbocycles. The number of hydrogen-bond donors (Lipinski definition) is 2. The van der Waals surface area contributed by atoms with Crippen molar-refractivity contribution >= 4 is 17.3 Å². The van der Waals surface area contributed by atoms with Gasteiger partial charge in [0.05, 0.1) is 24.2 Å². The van der Waals surface area contributed by atoms with Gasteiger partial charge in [0.1, 0.15) is 0 Å². The van der Waals surface area contributed by atoms with E-state index in [0.29, 0.717) is 25.3 Å². The van der Waals surface area contributed by atoms with Crippen LogP contribution in [0.5, 0.6) is 0 Å². The summed E-state index contributed by atoms with van der Waals surface area (Å²) in [4.78, 5) is 15.0. The van der Waals surface area contributed by atoms with Crippen LogP contribution < -0.4 is 11.1 Å². The zero-order valence-corrected chi connectivity index (χ0v) is 9.40. The number of nitrogen functional groups attached to an aromatic ring is 1. The van der Waals surface area contributed by atoms with Crippen molar-refractivity contribution in [2.45, 2.75) is 19.8 Å². The summed E-state index contributed by atoms with van der Waals surface area (Å²) in [5, 5.41) is 3.13. The number of rotatable bonds is 6. The first kappa shape index (κ1) is 12.3. The van der Waals surface area contributed by atoms with E-state index in [1.807, 2.05) is 0 Å². The quantitative estimate of drug-likeness (QED) is 0.563. The van der Waals surface area contributed by atoms with Gasteiger partial charge in [0.25, 0.3) is 0 Å². The van der Waals surface area contributed by atoms with Crippen molar-refractivity contribution in [3.05, 3.63) is 18.5 Å². The molecule has 16 heavy (non-hydrogen) atoms. The second-order valence-corrected chi connectivity index (χ2v) is 3.34. The highest BCUT2D eigenvalue weighted by Crippen LogP contribution is 2.09. The Morgan fingerprint density at radius 3 is 3.06 bits per heavy atom. The van der Waals surface area contributed by atoms with Crippen LogP contribution in [0.4, 0.5) is 11.4 Å². The third-order valence-corrected chi connectivity index (χ3v) is 1.95. The Bertz CT molecular complexity index is 342. The minimum Gasteiger partial charge on any atom is -0.466 e. The van der Waals surface area contributed by atoms with Crippen LogP contribution in [0.15, 0.2) is 18.5 Å². The zero-order chi connectivity index (χ0) is 11.8. The molecule has 1 aromatic heterocycles. The lowest BCUT2D eigenvalue weighted by atomic mass is 10.3. The predicted octanol–water partition coefficient (Wildman–Crippen LogP) is 1.42. The van der Waals surface area contributed by atoms with E-state index in [9.17, 15) is 4.79 Å². The number of carbonyl (C=O) groups is 1. The SMILES string of the molecule is CCOC(=O)CCCNc1cncc(N)c1. The maximum atomic E-state index is 11.0. The van der Waals surface area contributed by atoms with Crippen molar-refractivity contribution in [3.63, 3.8) is 0 Å². The van der Waals surface area contributed by atoms with Crippen molar-refractivity contribution in [1.29, 1.82) is 0 Å². The number of esters is 1. The second-order valence-electron chi connectivity index (χ2n) is 3.34. The lowest BCUT2D eigenvalue weighted by Crippen LogP contribution is -2.08. The molecule has 0 unspecified atom stereocenters. The van der Waals surface area contributed by atoms with Gasteiger partial charge in [-0.05, 0) is 19.4 Å². The van der Waals surface area contributed by atoms with Crippen molar-refractivity contribution < 1.29 is 9.53 Å². The van der Waals surface area contributed by atoms with Crippen LogP contribution in [-0.4, -0.2) is 24.1 Å². The van der Waals surface area contributed by atoms with Crippen LogP contribution in [0.3, 0.4) is 0 Å². The molecule has 0 aliphatic heterocycles. The summed E-state index contributed by atoms with van der Waals surface area (Å²) in [6.45, 7) is 2.93. The first-order valence-electron chi connectivity index (χ1n) is 5.32. The number of carbonyl (C=O) groups excluding carboxylic acids is 1. The number of aromatic nitrogens is 1. The van der Waals surface area contributed by atoms with Crippen LogP contribution in [0.2, 0.25) is 0 Å². The third kappa shape index (κ3) is 4.63. The van der Waals surface area contributed by atoms with Gasteiger partial charge in [-0.2, -0.15) is 0 Å². The van der Waals surface area contributed by atoms with Gasteiger partial charge in [-0.15, -0.1) is 0 Å². The predicted molar refractivity (Wildman–Crippen MR) is 63.0 cm³/mol. The molecule has 0 saturated heterocycles. The third-order valence-electron chi connectivity index (χ3n) is 1.95. The molecule has 0 amide bonds. The molecule has 0 spiro atoms. The fourth-order valence-corrected chi connectivity index (χ4v) is 1.25. The van der Waals surface area contributed by atoms with Gasteiger partial charge in [0.2, 0.25) is 0 Å². The van der Waals surface area contributed by atoms with Crippen LogP contribution in [0, 0.1) is 0 Å². The summed E-state index contributed by atoms with van der Waals surface area (Å²) in [7, 11) is 0. The number of nitrogens with zero attached hydrogens (tertiary/aromatic N) is 1. The molecule has 0 radical (unpaired) electrons. The lowest BCUT2D eigenvalue weighted by Gasteiger charge is -2.06.